The molecule has 1 unspecified atom stereocenters. The van der Waals surface area contributed by atoms with Gasteiger partial charge in [0.15, 0.2) is 0 Å². The highest BCUT2D eigenvalue weighted by atomic mass is 19.1. The summed E-state index contributed by atoms with van der Waals surface area (Å²) in [4.78, 5) is 11.5. The minimum absolute atomic E-state index is 0.234. The summed E-state index contributed by atoms with van der Waals surface area (Å²) in [6, 6.07) is 13.9. The summed E-state index contributed by atoms with van der Waals surface area (Å²) in [6.07, 6.45) is 0.286. The van der Waals surface area contributed by atoms with Gasteiger partial charge in [0.1, 0.15) is 5.82 Å². The summed E-state index contributed by atoms with van der Waals surface area (Å²) in [6.45, 7) is 4.21. The van der Waals surface area contributed by atoms with Crippen molar-refractivity contribution in [2.24, 2.45) is 0 Å². The zero-order valence-electron chi connectivity index (χ0n) is 12.2. The first-order valence-corrected chi connectivity index (χ1v) is 7.05. The Morgan fingerprint density at radius 2 is 1.71 bits per heavy atom. The van der Waals surface area contributed by atoms with Crippen LogP contribution in [0.1, 0.15) is 42.4 Å². The first-order valence-electron chi connectivity index (χ1n) is 7.05. The van der Waals surface area contributed by atoms with Crippen LogP contribution in [-0.4, -0.2) is 11.1 Å². The summed E-state index contributed by atoms with van der Waals surface area (Å²) >= 11 is 0. The quantitative estimate of drug-likeness (QED) is 0.886. The van der Waals surface area contributed by atoms with Gasteiger partial charge >= 0.3 is 5.97 Å². The van der Waals surface area contributed by atoms with E-state index in [9.17, 15) is 14.3 Å². The smallest absolute Gasteiger partial charge is 0.311 e. The highest BCUT2D eigenvalue weighted by Gasteiger charge is 2.23. The van der Waals surface area contributed by atoms with Gasteiger partial charge in [-0.05, 0) is 29.5 Å². The van der Waals surface area contributed by atoms with Gasteiger partial charge in [-0.1, -0.05) is 56.3 Å². The van der Waals surface area contributed by atoms with Crippen LogP contribution in [0.15, 0.2) is 48.5 Å². The average molecular weight is 286 g/mol. The van der Waals surface area contributed by atoms with Crippen molar-refractivity contribution in [1.29, 1.82) is 0 Å². The normalized spacial score (nSPS) is 12.4. The van der Waals surface area contributed by atoms with Gasteiger partial charge in [0.2, 0.25) is 0 Å². The minimum atomic E-state index is -1.01. The second-order valence-electron chi connectivity index (χ2n) is 5.51. The van der Waals surface area contributed by atoms with E-state index >= 15 is 0 Å². The molecule has 0 amide bonds. The zero-order valence-corrected chi connectivity index (χ0v) is 12.2. The first-order chi connectivity index (χ1) is 9.99. The van der Waals surface area contributed by atoms with Crippen molar-refractivity contribution in [3.63, 3.8) is 0 Å². The molecular weight excluding hydrogens is 267 g/mol. The second-order valence-corrected chi connectivity index (χ2v) is 5.51. The fourth-order valence-electron chi connectivity index (χ4n) is 2.36. The van der Waals surface area contributed by atoms with Gasteiger partial charge in [0, 0.05) is 5.56 Å². The summed E-state index contributed by atoms with van der Waals surface area (Å²) in [7, 11) is 0. The fourth-order valence-corrected chi connectivity index (χ4v) is 2.36. The molecule has 0 spiro atoms. The summed E-state index contributed by atoms with van der Waals surface area (Å²) in [5, 5.41) is 9.39. The van der Waals surface area contributed by atoms with Crippen molar-refractivity contribution in [1.82, 2.24) is 0 Å². The van der Waals surface area contributed by atoms with Crippen LogP contribution in [0.5, 0.6) is 0 Å². The lowest BCUT2D eigenvalue weighted by atomic mass is 9.90. The second kappa shape index (κ2) is 6.53. The average Bonchev–Trinajstić information content (AvgIpc) is 2.46. The third-order valence-electron chi connectivity index (χ3n) is 3.66. The van der Waals surface area contributed by atoms with E-state index in [0.717, 1.165) is 5.56 Å². The van der Waals surface area contributed by atoms with Crippen LogP contribution in [0.3, 0.4) is 0 Å². The van der Waals surface area contributed by atoms with Gasteiger partial charge in [0.05, 0.1) is 5.92 Å². The molecule has 21 heavy (non-hydrogen) atoms. The van der Waals surface area contributed by atoms with E-state index in [0.29, 0.717) is 5.92 Å². The molecule has 1 atom stereocenters. The number of rotatable bonds is 5. The SMILES string of the molecule is CC(C)c1ccc(CC(C(=O)O)c2ccccc2F)cc1. The number of carbonyl (C=O) groups is 1. The van der Waals surface area contributed by atoms with E-state index in [1.165, 1.54) is 17.7 Å². The first kappa shape index (κ1) is 15.2. The van der Waals surface area contributed by atoms with Crippen LogP contribution >= 0.6 is 0 Å². The molecule has 2 aromatic rings. The Hall–Kier alpha value is -2.16. The maximum Gasteiger partial charge on any atom is 0.311 e. The lowest BCUT2D eigenvalue weighted by molar-refractivity contribution is -0.138. The van der Waals surface area contributed by atoms with E-state index in [-0.39, 0.29) is 12.0 Å². The van der Waals surface area contributed by atoms with Gasteiger partial charge in [-0.3, -0.25) is 4.79 Å². The number of hydrogen-bond donors (Lipinski definition) is 1. The molecule has 0 aromatic heterocycles. The molecule has 2 aromatic carbocycles. The van der Waals surface area contributed by atoms with Crippen LogP contribution in [0, 0.1) is 5.82 Å². The minimum Gasteiger partial charge on any atom is -0.481 e. The molecule has 0 radical (unpaired) electrons. The van der Waals surface area contributed by atoms with Crippen molar-refractivity contribution >= 4 is 5.97 Å². The number of carboxylic acid groups (broad SMARTS) is 1. The van der Waals surface area contributed by atoms with Crippen molar-refractivity contribution in [3.8, 4) is 0 Å². The number of halogens is 1. The van der Waals surface area contributed by atoms with Crippen molar-refractivity contribution in [2.45, 2.75) is 32.1 Å². The van der Waals surface area contributed by atoms with E-state index in [2.05, 4.69) is 13.8 Å². The standard InChI is InChI=1S/C18H19FO2/c1-12(2)14-9-7-13(8-10-14)11-16(18(20)21)15-5-3-4-6-17(15)19/h3-10,12,16H,11H2,1-2H3,(H,20,21). The van der Waals surface area contributed by atoms with Crippen LogP contribution < -0.4 is 0 Å². The highest BCUT2D eigenvalue weighted by Crippen LogP contribution is 2.25. The van der Waals surface area contributed by atoms with Gasteiger partial charge in [0.25, 0.3) is 0 Å². The molecule has 0 aliphatic carbocycles. The number of hydrogen-bond acceptors (Lipinski definition) is 1. The van der Waals surface area contributed by atoms with Crippen LogP contribution in [-0.2, 0) is 11.2 Å². The molecule has 2 nitrogen and oxygen atoms in total. The Morgan fingerprint density at radius 1 is 1.10 bits per heavy atom. The molecule has 0 saturated heterocycles. The number of benzene rings is 2. The predicted molar refractivity (Wildman–Crippen MR) is 81.0 cm³/mol. The third-order valence-corrected chi connectivity index (χ3v) is 3.66. The lowest BCUT2D eigenvalue weighted by Crippen LogP contribution is -2.16. The molecule has 0 saturated carbocycles. The summed E-state index contributed by atoms with van der Waals surface area (Å²) < 4.78 is 13.8. The summed E-state index contributed by atoms with van der Waals surface area (Å²) in [5.74, 6) is -1.91. The van der Waals surface area contributed by atoms with Gasteiger partial charge in [-0.25, -0.2) is 4.39 Å². The largest absolute Gasteiger partial charge is 0.481 e. The molecule has 0 fully saturated rings. The predicted octanol–water partition coefficient (Wildman–Crippen LogP) is 4.36. The van der Waals surface area contributed by atoms with E-state index in [4.69, 9.17) is 0 Å². The molecule has 1 N–H and O–H groups in total. The summed E-state index contributed by atoms with van der Waals surface area (Å²) in [5.41, 5.74) is 2.34. The van der Waals surface area contributed by atoms with Crippen LogP contribution in [0.4, 0.5) is 4.39 Å². The Kier molecular flexibility index (Phi) is 4.73. The molecule has 0 aliphatic heterocycles. The third kappa shape index (κ3) is 3.69. The molecule has 0 heterocycles. The lowest BCUT2D eigenvalue weighted by Gasteiger charge is -2.14. The van der Waals surface area contributed by atoms with Crippen molar-refractivity contribution < 1.29 is 14.3 Å². The highest BCUT2D eigenvalue weighted by molar-refractivity contribution is 5.76. The van der Waals surface area contributed by atoms with Crippen molar-refractivity contribution in [2.75, 3.05) is 0 Å². The van der Waals surface area contributed by atoms with Gasteiger partial charge in [-0.15, -0.1) is 0 Å². The maximum atomic E-state index is 13.8. The van der Waals surface area contributed by atoms with E-state index < -0.39 is 17.7 Å². The van der Waals surface area contributed by atoms with Gasteiger partial charge in [-0.2, -0.15) is 0 Å². The fraction of sp³-hybridized carbons (Fsp3) is 0.278. The van der Waals surface area contributed by atoms with E-state index in [1.807, 2.05) is 24.3 Å². The topological polar surface area (TPSA) is 37.3 Å². The Labute approximate surface area is 124 Å². The zero-order chi connectivity index (χ0) is 15.4. The van der Waals surface area contributed by atoms with Crippen LogP contribution in [0.2, 0.25) is 0 Å². The van der Waals surface area contributed by atoms with Crippen molar-refractivity contribution in [3.05, 3.63) is 71.0 Å². The number of aliphatic carboxylic acids is 1. The Balaban J connectivity index is 2.25. The maximum absolute atomic E-state index is 13.8. The molecule has 0 bridgehead atoms. The number of carboxylic acids is 1. The van der Waals surface area contributed by atoms with E-state index in [1.54, 1.807) is 12.1 Å². The molecular formula is C18H19FO2. The monoisotopic (exact) mass is 286 g/mol. The molecule has 0 aliphatic rings. The Bertz CT molecular complexity index is 617. The molecule has 3 heteroatoms. The Morgan fingerprint density at radius 3 is 2.24 bits per heavy atom. The van der Waals surface area contributed by atoms with Gasteiger partial charge < -0.3 is 5.11 Å². The molecule has 2 rings (SSSR count). The molecule has 110 valence electrons. The van der Waals surface area contributed by atoms with Crippen LogP contribution in [0.25, 0.3) is 0 Å².